The third-order valence-corrected chi connectivity index (χ3v) is 3.04. The molecule has 0 spiro atoms. The quantitative estimate of drug-likeness (QED) is 0.831. The lowest BCUT2D eigenvalue weighted by molar-refractivity contribution is -0.0375. The van der Waals surface area contributed by atoms with Gasteiger partial charge in [0.15, 0.2) is 12.4 Å². The van der Waals surface area contributed by atoms with Crippen LogP contribution in [0.15, 0.2) is 22.9 Å². The Bertz CT molecular complexity index is 578. The SMILES string of the molecule is Nc1nc(=O)n(C2OC(CO)C(=CF)C2F)cc1Cl. The van der Waals surface area contributed by atoms with Gasteiger partial charge in [0.25, 0.3) is 0 Å². The minimum atomic E-state index is -1.93. The molecule has 1 aromatic heterocycles. The average Bonchev–Trinajstić information content (AvgIpc) is 2.70. The first-order valence-electron chi connectivity index (χ1n) is 5.24. The Morgan fingerprint density at radius 2 is 2.37 bits per heavy atom. The van der Waals surface area contributed by atoms with Crippen molar-refractivity contribution < 1.29 is 18.6 Å². The van der Waals surface area contributed by atoms with Gasteiger partial charge in [-0.15, -0.1) is 0 Å². The lowest BCUT2D eigenvalue weighted by atomic mass is 10.1. The predicted octanol–water partition coefficient (Wildman–Crippen LogP) is 0.560. The van der Waals surface area contributed by atoms with Gasteiger partial charge in [0, 0.05) is 11.8 Å². The second-order valence-corrected chi connectivity index (χ2v) is 4.28. The van der Waals surface area contributed by atoms with Crippen LogP contribution in [0, 0.1) is 0 Å². The molecule has 0 saturated carbocycles. The lowest BCUT2D eigenvalue weighted by Crippen LogP contribution is -2.31. The van der Waals surface area contributed by atoms with Crippen LogP contribution in [-0.4, -0.2) is 33.5 Å². The molecule has 1 aliphatic heterocycles. The molecule has 6 nitrogen and oxygen atoms in total. The second-order valence-electron chi connectivity index (χ2n) is 3.87. The molecule has 0 aromatic carbocycles. The number of hydrogen-bond donors (Lipinski definition) is 2. The summed E-state index contributed by atoms with van der Waals surface area (Å²) in [6.45, 7) is -0.614. The van der Waals surface area contributed by atoms with Gasteiger partial charge in [-0.05, 0) is 0 Å². The van der Waals surface area contributed by atoms with Crippen LogP contribution in [-0.2, 0) is 4.74 Å². The van der Waals surface area contributed by atoms with Crippen molar-refractivity contribution in [1.29, 1.82) is 0 Å². The van der Waals surface area contributed by atoms with E-state index in [0.717, 1.165) is 10.8 Å². The summed E-state index contributed by atoms with van der Waals surface area (Å²) in [5, 5.41) is 8.91. The Hall–Kier alpha value is -1.51. The molecular formula is C10H10ClF2N3O3. The van der Waals surface area contributed by atoms with Crippen LogP contribution in [0.2, 0.25) is 5.02 Å². The highest BCUT2D eigenvalue weighted by Crippen LogP contribution is 2.35. The lowest BCUT2D eigenvalue weighted by Gasteiger charge is -2.15. The van der Waals surface area contributed by atoms with Crippen LogP contribution in [0.5, 0.6) is 0 Å². The fourth-order valence-corrected chi connectivity index (χ4v) is 1.93. The van der Waals surface area contributed by atoms with Crippen molar-refractivity contribution in [3.63, 3.8) is 0 Å². The molecule has 1 fully saturated rings. The minimum Gasteiger partial charge on any atom is -0.393 e. The van der Waals surface area contributed by atoms with E-state index in [0.29, 0.717) is 0 Å². The molecule has 1 saturated heterocycles. The zero-order valence-corrected chi connectivity index (χ0v) is 10.2. The summed E-state index contributed by atoms with van der Waals surface area (Å²) in [5.74, 6) is -0.198. The number of nitrogens with two attached hydrogens (primary N) is 1. The molecule has 3 atom stereocenters. The number of aliphatic hydroxyl groups excluding tert-OH is 1. The maximum Gasteiger partial charge on any atom is 0.351 e. The van der Waals surface area contributed by atoms with Gasteiger partial charge in [-0.2, -0.15) is 4.98 Å². The average molecular weight is 294 g/mol. The van der Waals surface area contributed by atoms with Crippen molar-refractivity contribution in [3.8, 4) is 0 Å². The Labute approximate surface area is 111 Å². The first kappa shape index (κ1) is 13.9. The van der Waals surface area contributed by atoms with Crippen molar-refractivity contribution >= 4 is 17.4 Å². The first-order chi connectivity index (χ1) is 8.99. The van der Waals surface area contributed by atoms with E-state index in [1.54, 1.807) is 0 Å². The van der Waals surface area contributed by atoms with Gasteiger partial charge in [-0.1, -0.05) is 11.6 Å². The monoisotopic (exact) mass is 293 g/mol. The zero-order valence-electron chi connectivity index (χ0n) is 9.46. The highest BCUT2D eigenvalue weighted by molar-refractivity contribution is 6.32. The Balaban J connectivity index is 2.44. The van der Waals surface area contributed by atoms with Crippen molar-refractivity contribution in [3.05, 3.63) is 33.6 Å². The third kappa shape index (κ3) is 2.34. The summed E-state index contributed by atoms with van der Waals surface area (Å²) in [6, 6.07) is 0. The predicted molar refractivity (Wildman–Crippen MR) is 63.0 cm³/mol. The highest BCUT2D eigenvalue weighted by atomic mass is 35.5. The molecule has 0 radical (unpaired) electrons. The van der Waals surface area contributed by atoms with E-state index in [4.69, 9.17) is 27.2 Å². The number of alkyl halides is 1. The van der Waals surface area contributed by atoms with Gasteiger partial charge < -0.3 is 15.6 Å². The molecule has 2 rings (SSSR count). The fourth-order valence-electron chi connectivity index (χ4n) is 1.78. The van der Waals surface area contributed by atoms with Crippen LogP contribution in [0.1, 0.15) is 6.23 Å². The third-order valence-electron chi connectivity index (χ3n) is 2.74. The number of rotatable bonds is 2. The molecule has 1 aromatic rings. The molecule has 3 unspecified atom stereocenters. The maximum absolute atomic E-state index is 14.0. The summed E-state index contributed by atoms with van der Waals surface area (Å²) >= 11 is 5.69. The Morgan fingerprint density at radius 3 is 2.89 bits per heavy atom. The normalized spacial score (nSPS) is 29.1. The highest BCUT2D eigenvalue weighted by Gasteiger charge is 2.42. The Morgan fingerprint density at radius 1 is 1.68 bits per heavy atom. The molecule has 0 aliphatic carbocycles. The van der Waals surface area contributed by atoms with Crippen molar-refractivity contribution in [2.45, 2.75) is 18.5 Å². The van der Waals surface area contributed by atoms with E-state index < -0.39 is 30.8 Å². The van der Waals surface area contributed by atoms with Crippen LogP contribution in [0.3, 0.4) is 0 Å². The van der Waals surface area contributed by atoms with Crippen molar-refractivity contribution in [1.82, 2.24) is 9.55 Å². The molecule has 1 aliphatic rings. The number of hydrogen-bond acceptors (Lipinski definition) is 5. The number of halogens is 3. The molecular weight excluding hydrogens is 284 g/mol. The number of nitrogens with zero attached hydrogens (tertiary/aromatic N) is 2. The summed E-state index contributed by atoms with van der Waals surface area (Å²) < 4.78 is 32.4. The second kappa shape index (κ2) is 5.24. The molecule has 19 heavy (non-hydrogen) atoms. The van der Waals surface area contributed by atoms with Gasteiger partial charge in [-0.3, -0.25) is 4.57 Å². The number of anilines is 1. The van der Waals surface area contributed by atoms with Gasteiger partial charge >= 0.3 is 5.69 Å². The van der Waals surface area contributed by atoms with Gasteiger partial charge in [0.1, 0.15) is 11.9 Å². The van der Waals surface area contributed by atoms with E-state index in [1.807, 2.05) is 0 Å². The standard InChI is InChI=1S/C10H10ClF2N3O3/c11-5-2-16(10(18)15-8(5)14)9-7(13)4(1-12)6(3-17)19-9/h1-2,6-7,9,17H,3H2,(H2,14,15,18). The maximum atomic E-state index is 14.0. The van der Waals surface area contributed by atoms with E-state index in [9.17, 15) is 13.6 Å². The molecule has 0 amide bonds. The zero-order chi connectivity index (χ0) is 14.2. The van der Waals surface area contributed by atoms with Crippen LogP contribution < -0.4 is 11.4 Å². The van der Waals surface area contributed by atoms with Crippen molar-refractivity contribution in [2.75, 3.05) is 12.3 Å². The minimum absolute atomic E-state index is 0.0168. The van der Waals surface area contributed by atoms with Crippen LogP contribution >= 0.6 is 11.6 Å². The van der Waals surface area contributed by atoms with Crippen LogP contribution in [0.25, 0.3) is 0 Å². The topological polar surface area (TPSA) is 90.4 Å². The summed E-state index contributed by atoms with van der Waals surface area (Å²) in [7, 11) is 0. The first-order valence-corrected chi connectivity index (χ1v) is 5.62. The number of nitrogen functional groups attached to an aromatic ring is 1. The smallest absolute Gasteiger partial charge is 0.351 e. The number of aliphatic hydroxyl groups is 1. The number of aromatic nitrogens is 2. The van der Waals surface area contributed by atoms with E-state index in [1.165, 1.54) is 0 Å². The summed E-state index contributed by atoms with van der Waals surface area (Å²) in [5.41, 5.74) is 4.06. The Kier molecular flexibility index (Phi) is 3.83. The van der Waals surface area contributed by atoms with Gasteiger partial charge in [0.2, 0.25) is 0 Å². The summed E-state index contributed by atoms with van der Waals surface area (Å²) in [6.07, 6.45) is -3.46. The fraction of sp³-hybridized carbons (Fsp3) is 0.400. The van der Waals surface area contributed by atoms with Gasteiger partial charge in [0.05, 0.1) is 18.0 Å². The van der Waals surface area contributed by atoms with Crippen molar-refractivity contribution in [2.24, 2.45) is 0 Å². The molecule has 104 valence electrons. The summed E-state index contributed by atoms with van der Waals surface area (Å²) in [4.78, 5) is 15.0. The van der Waals surface area contributed by atoms with E-state index in [2.05, 4.69) is 4.98 Å². The molecule has 3 N–H and O–H groups in total. The molecule has 0 bridgehead atoms. The van der Waals surface area contributed by atoms with E-state index >= 15 is 0 Å². The van der Waals surface area contributed by atoms with Gasteiger partial charge in [-0.25, -0.2) is 13.6 Å². The largest absolute Gasteiger partial charge is 0.393 e. The van der Waals surface area contributed by atoms with Crippen LogP contribution in [0.4, 0.5) is 14.6 Å². The number of ether oxygens (including phenoxy) is 1. The molecule has 9 heteroatoms. The molecule has 2 heterocycles. The van der Waals surface area contributed by atoms with E-state index in [-0.39, 0.29) is 22.7 Å².